The normalized spacial score (nSPS) is 21.1. The Morgan fingerprint density at radius 2 is 1.97 bits per heavy atom. The number of rotatable bonds is 5. The molecular formula is C22H33N7O+2. The molecule has 3 N–H and O–H groups in total. The van der Waals surface area contributed by atoms with E-state index in [1.165, 1.54) is 9.80 Å². The van der Waals surface area contributed by atoms with Gasteiger partial charge in [0.15, 0.2) is 6.04 Å². The molecule has 4 rings (SSSR count). The predicted octanol–water partition coefficient (Wildman–Crippen LogP) is -0.529. The molecule has 8 heteroatoms. The molecule has 0 bridgehead atoms. The number of aryl methyl sites for hydroxylation is 1. The number of pyridine rings is 1. The molecule has 0 saturated carbocycles. The largest absolute Gasteiger partial charge is 0.328 e. The van der Waals surface area contributed by atoms with E-state index < -0.39 is 0 Å². The van der Waals surface area contributed by atoms with Gasteiger partial charge in [-0.15, -0.1) is 5.10 Å². The number of nitrogens with zero attached hydrogens (tertiary/aromatic N) is 4. The fraction of sp³-hybridized carbons (Fsp3) is 0.545. The number of hydrogen-bond acceptors (Lipinski definition) is 4. The van der Waals surface area contributed by atoms with Crippen molar-refractivity contribution in [2.24, 2.45) is 0 Å². The van der Waals surface area contributed by atoms with Crippen molar-refractivity contribution in [2.75, 3.05) is 33.2 Å². The smallest absolute Gasteiger partial charge is 0.258 e. The number of aromatic nitrogens is 5. The van der Waals surface area contributed by atoms with E-state index in [1.807, 2.05) is 29.8 Å². The number of tetrazole rings is 1. The van der Waals surface area contributed by atoms with Crippen LogP contribution in [0.4, 0.5) is 0 Å². The van der Waals surface area contributed by atoms with Gasteiger partial charge in [0.2, 0.25) is 5.82 Å². The van der Waals surface area contributed by atoms with Crippen LogP contribution >= 0.6 is 0 Å². The maximum Gasteiger partial charge on any atom is 0.258 e. The molecule has 1 atom stereocenters. The Morgan fingerprint density at radius 3 is 2.67 bits per heavy atom. The van der Waals surface area contributed by atoms with Crippen LogP contribution in [-0.4, -0.2) is 58.4 Å². The minimum Gasteiger partial charge on any atom is -0.328 e. The van der Waals surface area contributed by atoms with Gasteiger partial charge in [0.05, 0.1) is 23.7 Å². The molecule has 1 saturated heterocycles. The first-order valence-electron chi connectivity index (χ1n) is 10.9. The third-order valence-electron chi connectivity index (χ3n) is 6.77. The number of piperazine rings is 1. The lowest BCUT2D eigenvalue weighted by Gasteiger charge is -2.34. The number of H-pyrrole nitrogens is 1. The highest BCUT2D eigenvalue weighted by Gasteiger charge is 2.39. The van der Waals surface area contributed by atoms with E-state index in [0.717, 1.165) is 60.5 Å². The Labute approximate surface area is 176 Å². The number of hydrogen-bond donors (Lipinski definition) is 3. The highest BCUT2D eigenvalue weighted by molar-refractivity contribution is 5.82. The average Bonchev–Trinajstić information content (AvgIpc) is 3.21. The second kappa shape index (κ2) is 7.92. The summed E-state index contributed by atoms with van der Waals surface area (Å²) in [6.07, 6.45) is 0.896. The van der Waals surface area contributed by atoms with Gasteiger partial charge in [0.25, 0.3) is 5.56 Å². The molecule has 0 amide bonds. The van der Waals surface area contributed by atoms with Crippen molar-refractivity contribution in [3.8, 4) is 0 Å². The SMILES string of the molecule is CCC(C)(C)n1nnnc1[C@H](c1cc2cccc(C)c2[nH]c1=O)[NH+]1CC[NH+](C)CC1. The standard InChI is InChI=1S/C22H31N7O/c1-6-22(3,4)29-20(24-25-26-29)19(28-12-10-27(5)11-13-28)17-14-16-9-7-8-15(2)18(16)23-21(17)30/h7-9,14,19H,6,10-13H2,1-5H3,(H,23,30)/p+2/t19-/m0/s1. The van der Waals surface area contributed by atoms with Crippen LogP contribution in [0.25, 0.3) is 10.9 Å². The van der Waals surface area contributed by atoms with Crippen LogP contribution in [0.1, 0.15) is 50.2 Å². The molecule has 2 aromatic heterocycles. The van der Waals surface area contributed by atoms with Crippen molar-refractivity contribution in [2.45, 2.75) is 45.7 Å². The average molecular weight is 412 g/mol. The molecule has 3 heterocycles. The molecule has 1 aliphatic rings. The van der Waals surface area contributed by atoms with Gasteiger partial charge in [-0.2, -0.15) is 0 Å². The van der Waals surface area contributed by atoms with Gasteiger partial charge in [-0.25, -0.2) is 4.68 Å². The Morgan fingerprint density at radius 1 is 1.23 bits per heavy atom. The van der Waals surface area contributed by atoms with Crippen LogP contribution in [-0.2, 0) is 5.54 Å². The number of para-hydroxylation sites is 1. The number of aromatic amines is 1. The number of likely N-dealkylation sites (N-methyl/N-ethyl adjacent to an activating group) is 1. The quantitative estimate of drug-likeness (QED) is 0.527. The number of quaternary nitrogens is 2. The lowest BCUT2D eigenvalue weighted by molar-refractivity contribution is -1.02. The summed E-state index contributed by atoms with van der Waals surface area (Å²) in [5.74, 6) is 0.772. The molecule has 0 unspecified atom stereocenters. The van der Waals surface area contributed by atoms with Gasteiger partial charge in [-0.05, 0) is 54.6 Å². The minimum absolute atomic E-state index is 0.0515. The second-order valence-electron chi connectivity index (χ2n) is 9.26. The summed E-state index contributed by atoms with van der Waals surface area (Å²) < 4.78 is 1.93. The molecular weight excluding hydrogens is 378 g/mol. The van der Waals surface area contributed by atoms with Crippen LogP contribution < -0.4 is 15.4 Å². The van der Waals surface area contributed by atoms with Gasteiger partial charge in [0, 0.05) is 0 Å². The summed E-state index contributed by atoms with van der Waals surface area (Å²) in [4.78, 5) is 19.3. The molecule has 1 fully saturated rings. The van der Waals surface area contributed by atoms with Crippen molar-refractivity contribution in [3.63, 3.8) is 0 Å². The van der Waals surface area contributed by atoms with Crippen LogP contribution in [0.5, 0.6) is 0 Å². The fourth-order valence-corrected chi connectivity index (χ4v) is 4.40. The summed E-state index contributed by atoms with van der Waals surface area (Å²) in [6, 6.07) is 7.95. The first kappa shape index (κ1) is 20.7. The first-order valence-corrected chi connectivity index (χ1v) is 10.9. The van der Waals surface area contributed by atoms with E-state index in [4.69, 9.17) is 0 Å². The van der Waals surface area contributed by atoms with E-state index in [0.29, 0.717) is 0 Å². The zero-order valence-electron chi connectivity index (χ0n) is 18.6. The first-order chi connectivity index (χ1) is 14.3. The van der Waals surface area contributed by atoms with Gasteiger partial charge < -0.3 is 14.8 Å². The van der Waals surface area contributed by atoms with Crippen molar-refractivity contribution in [1.29, 1.82) is 0 Å². The Balaban J connectivity index is 1.90. The zero-order chi connectivity index (χ0) is 21.5. The summed E-state index contributed by atoms with van der Waals surface area (Å²) in [5, 5.41) is 13.9. The van der Waals surface area contributed by atoms with E-state index in [2.05, 4.69) is 54.4 Å². The second-order valence-corrected chi connectivity index (χ2v) is 9.26. The molecule has 3 aromatic rings. The molecule has 30 heavy (non-hydrogen) atoms. The monoisotopic (exact) mass is 411 g/mol. The third-order valence-corrected chi connectivity index (χ3v) is 6.77. The Kier molecular flexibility index (Phi) is 5.46. The van der Waals surface area contributed by atoms with Crippen LogP contribution in [0, 0.1) is 6.92 Å². The highest BCUT2D eigenvalue weighted by atomic mass is 16.1. The van der Waals surface area contributed by atoms with E-state index in [1.54, 1.807) is 0 Å². The summed E-state index contributed by atoms with van der Waals surface area (Å²) in [6.45, 7) is 12.5. The lowest BCUT2D eigenvalue weighted by Crippen LogP contribution is -3.27. The van der Waals surface area contributed by atoms with E-state index in [-0.39, 0.29) is 17.1 Å². The Hall–Kier alpha value is -2.58. The lowest BCUT2D eigenvalue weighted by atomic mass is 9.98. The summed E-state index contributed by atoms with van der Waals surface area (Å²) in [5.41, 5.74) is 2.43. The fourth-order valence-electron chi connectivity index (χ4n) is 4.40. The topological polar surface area (TPSA) is 85.3 Å². The van der Waals surface area contributed by atoms with Crippen LogP contribution in [0.2, 0.25) is 0 Å². The van der Waals surface area contributed by atoms with Crippen molar-refractivity contribution in [1.82, 2.24) is 25.2 Å². The molecule has 160 valence electrons. The number of nitrogens with one attached hydrogen (secondary N) is 3. The van der Waals surface area contributed by atoms with E-state index in [9.17, 15) is 4.79 Å². The molecule has 0 aliphatic carbocycles. The van der Waals surface area contributed by atoms with Crippen molar-refractivity contribution >= 4 is 10.9 Å². The van der Waals surface area contributed by atoms with E-state index >= 15 is 0 Å². The molecule has 0 radical (unpaired) electrons. The number of fused-ring (bicyclic) bond motifs is 1. The minimum atomic E-state index is -0.228. The Bertz CT molecular complexity index is 1090. The van der Waals surface area contributed by atoms with Crippen molar-refractivity contribution < 1.29 is 9.80 Å². The van der Waals surface area contributed by atoms with Gasteiger partial charge >= 0.3 is 0 Å². The van der Waals surface area contributed by atoms with Crippen LogP contribution in [0.3, 0.4) is 0 Å². The highest BCUT2D eigenvalue weighted by Crippen LogP contribution is 2.25. The maximum absolute atomic E-state index is 13.3. The predicted molar refractivity (Wildman–Crippen MR) is 116 cm³/mol. The van der Waals surface area contributed by atoms with Gasteiger partial charge in [0.1, 0.15) is 26.2 Å². The van der Waals surface area contributed by atoms with Crippen LogP contribution in [0.15, 0.2) is 29.1 Å². The summed E-state index contributed by atoms with van der Waals surface area (Å²) >= 11 is 0. The van der Waals surface area contributed by atoms with Gasteiger partial charge in [-0.3, -0.25) is 4.79 Å². The van der Waals surface area contributed by atoms with Crippen molar-refractivity contribution in [3.05, 3.63) is 51.6 Å². The molecule has 8 nitrogen and oxygen atoms in total. The summed E-state index contributed by atoms with van der Waals surface area (Å²) in [7, 11) is 2.22. The van der Waals surface area contributed by atoms with Gasteiger partial charge in [-0.1, -0.05) is 25.1 Å². The zero-order valence-corrected chi connectivity index (χ0v) is 18.6. The number of benzene rings is 1. The molecule has 1 aromatic carbocycles. The molecule has 0 spiro atoms. The molecule has 1 aliphatic heterocycles. The maximum atomic E-state index is 13.3. The third kappa shape index (κ3) is 3.65.